The van der Waals surface area contributed by atoms with E-state index in [2.05, 4.69) is 15.6 Å². The van der Waals surface area contributed by atoms with Crippen molar-refractivity contribution in [1.82, 2.24) is 20.3 Å². The first kappa shape index (κ1) is 21.9. The number of hydrogen-bond acceptors (Lipinski definition) is 7. The maximum atomic E-state index is 14.9. The third-order valence-corrected chi connectivity index (χ3v) is 5.60. The van der Waals surface area contributed by atoms with Crippen LogP contribution < -0.4 is 15.1 Å². The fourth-order valence-corrected chi connectivity index (χ4v) is 3.97. The number of amides is 2. The molecule has 172 valence electrons. The minimum absolute atomic E-state index is 0.0280. The number of alkyl halides is 1. The van der Waals surface area contributed by atoms with E-state index >= 15 is 0 Å². The second kappa shape index (κ2) is 9.07. The average Bonchev–Trinajstić information content (AvgIpc) is 3.38. The monoisotopic (exact) mass is 450 g/mol. The van der Waals surface area contributed by atoms with E-state index in [4.69, 9.17) is 9.84 Å². The van der Waals surface area contributed by atoms with E-state index in [1.54, 1.807) is 11.0 Å². The Labute approximate surface area is 182 Å². The van der Waals surface area contributed by atoms with Crippen LogP contribution in [0, 0.1) is 5.82 Å². The molecule has 2 aliphatic rings. The second-order valence-corrected chi connectivity index (χ2v) is 7.86. The summed E-state index contributed by atoms with van der Waals surface area (Å²) in [6, 6.07) is 3.79. The molecule has 10 nitrogen and oxygen atoms in total. The van der Waals surface area contributed by atoms with Gasteiger partial charge in [0.05, 0.1) is 49.9 Å². The molecule has 32 heavy (non-hydrogen) atoms. The van der Waals surface area contributed by atoms with Crippen LogP contribution in [0.5, 0.6) is 0 Å². The van der Waals surface area contributed by atoms with Gasteiger partial charge in [-0.2, -0.15) is 0 Å². The van der Waals surface area contributed by atoms with Crippen LogP contribution in [-0.4, -0.2) is 70.6 Å². The van der Waals surface area contributed by atoms with Crippen molar-refractivity contribution in [3.8, 4) is 0 Å². The minimum Gasteiger partial charge on any atom is -0.442 e. The lowest BCUT2D eigenvalue weighted by atomic mass is 10.0. The highest BCUT2D eigenvalue weighted by molar-refractivity contribution is 5.90. The molecule has 2 N–H and O–H groups in total. The Balaban J connectivity index is 1.41. The number of hydrogen-bond donors (Lipinski definition) is 2. The molecule has 2 saturated heterocycles. The molecule has 3 atom stereocenters. The van der Waals surface area contributed by atoms with E-state index < -0.39 is 30.2 Å². The summed E-state index contributed by atoms with van der Waals surface area (Å²) in [6.45, 7) is 1.83. The SMILES string of the molecule is CC(=O)NCC1CN(c2ccc(N3CCC(n4cc(CO)nn4)C(F)C3)c(F)c2)C(=O)O1. The highest BCUT2D eigenvalue weighted by atomic mass is 19.1. The zero-order valence-corrected chi connectivity index (χ0v) is 17.4. The van der Waals surface area contributed by atoms with Gasteiger partial charge in [-0.3, -0.25) is 9.69 Å². The van der Waals surface area contributed by atoms with Crippen LogP contribution in [-0.2, 0) is 16.1 Å². The average molecular weight is 450 g/mol. The maximum absolute atomic E-state index is 14.9. The highest BCUT2D eigenvalue weighted by Crippen LogP contribution is 2.32. The number of piperidine rings is 1. The van der Waals surface area contributed by atoms with Crippen molar-refractivity contribution in [2.75, 3.05) is 36.0 Å². The molecule has 0 saturated carbocycles. The van der Waals surface area contributed by atoms with Crippen LogP contribution in [0.2, 0.25) is 0 Å². The quantitative estimate of drug-likeness (QED) is 0.679. The van der Waals surface area contributed by atoms with Gasteiger partial charge in [0.1, 0.15) is 23.8 Å². The van der Waals surface area contributed by atoms with Crippen molar-refractivity contribution in [2.24, 2.45) is 0 Å². The third-order valence-electron chi connectivity index (χ3n) is 5.60. The van der Waals surface area contributed by atoms with Crippen molar-refractivity contribution in [1.29, 1.82) is 0 Å². The fraction of sp³-hybridized carbons (Fsp3) is 0.500. The number of benzene rings is 1. The van der Waals surface area contributed by atoms with E-state index in [1.165, 1.54) is 34.8 Å². The first-order valence-corrected chi connectivity index (χ1v) is 10.3. The smallest absolute Gasteiger partial charge is 0.414 e. The summed E-state index contributed by atoms with van der Waals surface area (Å²) in [4.78, 5) is 26.1. The summed E-state index contributed by atoms with van der Waals surface area (Å²) in [6.07, 6.45) is -0.550. The Morgan fingerprint density at radius 1 is 1.38 bits per heavy atom. The number of nitrogens with one attached hydrogen (secondary N) is 1. The summed E-state index contributed by atoms with van der Waals surface area (Å²) in [5.74, 6) is -0.808. The van der Waals surface area contributed by atoms with Crippen LogP contribution in [0.4, 0.5) is 25.0 Å². The molecule has 2 aliphatic heterocycles. The highest BCUT2D eigenvalue weighted by Gasteiger charge is 2.35. The number of carbonyl (C=O) groups is 2. The lowest BCUT2D eigenvalue weighted by molar-refractivity contribution is -0.119. The molecule has 1 aromatic heterocycles. The summed E-state index contributed by atoms with van der Waals surface area (Å²) >= 11 is 0. The molecule has 2 fully saturated rings. The molecule has 4 rings (SSSR count). The second-order valence-electron chi connectivity index (χ2n) is 7.86. The first-order chi connectivity index (χ1) is 15.4. The summed E-state index contributed by atoms with van der Waals surface area (Å²) in [7, 11) is 0. The number of aliphatic hydroxyl groups excluding tert-OH is 1. The van der Waals surface area contributed by atoms with Crippen LogP contribution in [0.3, 0.4) is 0 Å². The van der Waals surface area contributed by atoms with Gasteiger partial charge in [-0.1, -0.05) is 5.21 Å². The number of carbonyl (C=O) groups excluding carboxylic acids is 2. The van der Waals surface area contributed by atoms with E-state index in [-0.39, 0.29) is 37.8 Å². The number of aromatic nitrogens is 3. The normalized spacial score (nSPS) is 23.4. The zero-order chi connectivity index (χ0) is 22.8. The standard InChI is InChI=1S/C20H24F2N6O4/c1-12(30)23-7-15-9-27(20(31)32-15)14-2-3-18(16(21)6-14)26-5-4-19(17(22)10-26)28-8-13(11-29)24-25-28/h2-3,6,8,15,17,19,29H,4-5,7,9-11H2,1H3,(H,23,30). The van der Waals surface area contributed by atoms with Crippen LogP contribution >= 0.6 is 0 Å². The topological polar surface area (TPSA) is 113 Å². The molecule has 2 aromatic rings. The molecule has 12 heteroatoms. The van der Waals surface area contributed by atoms with Gasteiger partial charge in [0, 0.05) is 13.5 Å². The Morgan fingerprint density at radius 2 is 2.19 bits per heavy atom. The molecule has 0 spiro atoms. The van der Waals surface area contributed by atoms with Crippen molar-refractivity contribution in [2.45, 2.75) is 38.3 Å². The summed E-state index contributed by atoms with van der Waals surface area (Å²) in [5, 5.41) is 19.3. The van der Waals surface area contributed by atoms with Crippen molar-refractivity contribution in [3.63, 3.8) is 0 Å². The third kappa shape index (κ3) is 4.49. The van der Waals surface area contributed by atoms with Crippen molar-refractivity contribution >= 4 is 23.4 Å². The van der Waals surface area contributed by atoms with Crippen LogP contribution in [0.15, 0.2) is 24.4 Å². The first-order valence-electron chi connectivity index (χ1n) is 10.3. The predicted molar refractivity (Wildman–Crippen MR) is 109 cm³/mol. The number of nitrogens with zero attached hydrogens (tertiary/aromatic N) is 5. The Morgan fingerprint density at radius 3 is 2.84 bits per heavy atom. The molecule has 0 radical (unpaired) electrons. The van der Waals surface area contributed by atoms with Gasteiger partial charge in [-0.05, 0) is 24.6 Å². The number of anilines is 2. The van der Waals surface area contributed by atoms with Gasteiger partial charge in [-0.15, -0.1) is 5.10 Å². The van der Waals surface area contributed by atoms with Crippen LogP contribution in [0.1, 0.15) is 25.1 Å². The lowest BCUT2D eigenvalue weighted by Crippen LogP contribution is -2.43. The van der Waals surface area contributed by atoms with Gasteiger partial charge in [0.15, 0.2) is 0 Å². The number of aliphatic hydroxyl groups is 1. The molecular weight excluding hydrogens is 426 g/mol. The molecule has 0 bridgehead atoms. The number of cyclic esters (lactones) is 1. The van der Waals surface area contributed by atoms with Gasteiger partial charge < -0.3 is 20.1 Å². The lowest BCUT2D eigenvalue weighted by Gasteiger charge is -2.36. The van der Waals surface area contributed by atoms with Gasteiger partial charge in [0.25, 0.3) is 0 Å². The minimum atomic E-state index is -1.31. The number of halogens is 2. The zero-order valence-electron chi connectivity index (χ0n) is 17.4. The van der Waals surface area contributed by atoms with E-state index in [0.717, 1.165) is 0 Å². The molecule has 3 heterocycles. The van der Waals surface area contributed by atoms with E-state index in [1.807, 2.05) is 0 Å². The number of ether oxygens (including phenoxy) is 1. The summed E-state index contributed by atoms with van der Waals surface area (Å²) < 4.78 is 36.4. The fourth-order valence-electron chi connectivity index (χ4n) is 3.97. The Bertz CT molecular complexity index is 1000. The number of rotatable bonds is 6. The molecule has 1 aromatic carbocycles. The molecule has 0 aliphatic carbocycles. The predicted octanol–water partition coefficient (Wildman–Crippen LogP) is 1.16. The van der Waals surface area contributed by atoms with Gasteiger partial charge >= 0.3 is 6.09 Å². The van der Waals surface area contributed by atoms with E-state index in [9.17, 15) is 18.4 Å². The molecule has 3 unspecified atom stereocenters. The molecule has 2 amide bonds. The largest absolute Gasteiger partial charge is 0.442 e. The van der Waals surface area contributed by atoms with Gasteiger partial charge in [-0.25, -0.2) is 18.3 Å². The molecular formula is C20H24F2N6O4. The Kier molecular flexibility index (Phi) is 6.21. The maximum Gasteiger partial charge on any atom is 0.414 e. The Hall–Kier alpha value is -3.28. The van der Waals surface area contributed by atoms with Crippen molar-refractivity contribution < 1.29 is 28.2 Å². The van der Waals surface area contributed by atoms with Crippen LogP contribution in [0.25, 0.3) is 0 Å². The summed E-state index contributed by atoms with van der Waals surface area (Å²) in [5.41, 5.74) is 0.931. The van der Waals surface area contributed by atoms with Gasteiger partial charge in [0.2, 0.25) is 5.91 Å². The van der Waals surface area contributed by atoms with E-state index in [0.29, 0.717) is 24.3 Å². The van der Waals surface area contributed by atoms with Crippen molar-refractivity contribution in [3.05, 3.63) is 35.9 Å².